The highest BCUT2D eigenvalue weighted by molar-refractivity contribution is 14.1. The van der Waals surface area contributed by atoms with E-state index in [0.717, 1.165) is 6.42 Å². The molecule has 0 aliphatic rings. The van der Waals surface area contributed by atoms with Crippen LogP contribution in [-0.2, 0) is 0 Å². The molecule has 0 saturated carbocycles. The van der Waals surface area contributed by atoms with E-state index < -0.39 is 0 Å². The molecule has 7 heavy (non-hydrogen) atoms. The molecule has 0 N–H and O–H groups in total. The first-order valence-corrected chi connectivity index (χ1v) is 3.78. The second-order valence-electron chi connectivity index (χ2n) is 1.14. The number of hydrogen-bond acceptors (Lipinski definition) is 0. The highest BCUT2D eigenvalue weighted by Crippen LogP contribution is 1.88. The Hall–Kier alpha value is 0.210. The van der Waals surface area contributed by atoms with E-state index in [1.165, 1.54) is 4.43 Å². The third-order valence-electron chi connectivity index (χ3n) is 0.548. The molecule has 0 rings (SSSR count). The normalized spacial score (nSPS) is 9.86. The lowest BCUT2D eigenvalue weighted by Crippen LogP contribution is -1.61. The van der Waals surface area contributed by atoms with Crippen LogP contribution in [0.2, 0.25) is 0 Å². The van der Waals surface area contributed by atoms with E-state index in [1.54, 1.807) is 6.08 Å². The minimum absolute atomic E-state index is 1.16. The smallest absolute Gasteiger partial charge is 0.00300 e. The Labute approximate surface area is 58.4 Å². The van der Waals surface area contributed by atoms with Crippen molar-refractivity contribution in [1.82, 2.24) is 0 Å². The summed E-state index contributed by atoms with van der Waals surface area (Å²) in [6, 6.07) is 0. The maximum Gasteiger partial charge on any atom is 0.00300 e. The van der Waals surface area contributed by atoms with Gasteiger partial charge in [0.2, 0.25) is 0 Å². The fourth-order valence-electron chi connectivity index (χ4n) is 0.255. The number of alkyl halides is 1. The highest BCUT2D eigenvalue weighted by Gasteiger charge is 1.67. The predicted molar refractivity (Wildman–Crippen MR) is 42.8 cm³/mol. The van der Waals surface area contributed by atoms with Gasteiger partial charge in [-0.15, -0.1) is 0 Å². The predicted octanol–water partition coefficient (Wildman–Crippen LogP) is 2.55. The minimum Gasteiger partial charge on any atom is -0.0991 e. The lowest BCUT2D eigenvalue weighted by atomic mass is 10.4. The second-order valence-corrected chi connectivity index (χ2v) is 2.22. The van der Waals surface area contributed by atoms with Crippen molar-refractivity contribution in [2.75, 3.05) is 4.43 Å². The largest absolute Gasteiger partial charge is 0.0991 e. The van der Waals surface area contributed by atoms with Crippen LogP contribution >= 0.6 is 22.6 Å². The van der Waals surface area contributed by atoms with Crippen molar-refractivity contribution in [2.45, 2.75) is 6.42 Å². The molecule has 0 bridgehead atoms. The Morgan fingerprint density at radius 1 is 1.57 bits per heavy atom. The van der Waals surface area contributed by atoms with Crippen LogP contribution in [0.4, 0.5) is 0 Å². The summed E-state index contributed by atoms with van der Waals surface area (Å²) in [6.45, 7) is 3.54. The molecule has 40 valence electrons. The highest BCUT2D eigenvalue weighted by atomic mass is 127. The van der Waals surface area contributed by atoms with E-state index in [-0.39, 0.29) is 0 Å². The molecule has 0 radical (unpaired) electrons. The number of allylic oxidation sites excluding steroid dienone is 3. The minimum atomic E-state index is 1.16. The summed E-state index contributed by atoms with van der Waals surface area (Å²) >= 11 is 2.34. The SMILES string of the molecule is C=C/C=C\CCI. The summed E-state index contributed by atoms with van der Waals surface area (Å²) in [5, 5.41) is 0. The summed E-state index contributed by atoms with van der Waals surface area (Å²) in [5.74, 6) is 0. The second kappa shape index (κ2) is 6.21. The average molecular weight is 208 g/mol. The zero-order chi connectivity index (χ0) is 5.54. The summed E-state index contributed by atoms with van der Waals surface area (Å²) in [4.78, 5) is 0. The van der Waals surface area contributed by atoms with Gasteiger partial charge in [0, 0.05) is 4.43 Å². The van der Waals surface area contributed by atoms with Crippen LogP contribution in [0.1, 0.15) is 6.42 Å². The Balaban J connectivity index is 2.92. The molecular formula is C6H9I. The van der Waals surface area contributed by atoms with Gasteiger partial charge in [-0.2, -0.15) is 0 Å². The van der Waals surface area contributed by atoms with Gasteiger partial charge in [-0.1, -0.05) is 47.4 Å². The van der Waals surface area contributed by atoms with Crippen molar-refractivity contribution in [1.29, 1.82) is 0 Å². The van der Waals surface area contributed by atoms with E-state index >= 15 is 0 Å². The number of halogens is 1. The molecule has 0 aromatic rings. The van der Waals surface area contributed by atoms with Gasteiger partial charge in [0.25, 0.3) is 0 Å². The van der Waals surface area contributed by atoms with Crippen LogP contribution < -0.4 is 0 Å². The van der Waals surface area contributed by atoms with Gasteiger partial charge in [-0.25, -0.2) is 0 Å². The topological polar surface area (TPSA) is 0 Å². The molecule has 0 atom stereocenters. The van der Waals surface area contributed by atoms with Gasteiger partial charge >= 0.3 is 0 Å². The maximum absolute atomic E-state index is 3.54. The molecule has 0 aliphatic carbocycles. The molecule has 0 amide bonds. The molecule has 1 heteroatoms. The molecule has 0 aromatic carbocycles. The van der Waals surface area contributed by atoms with E-state index in [9.17, 15) is 0 Å². The van der Waals surface area contributed by atoms with Crippen molar-refractivity contribution in [3.05, 3.63) is 24.8 Å². The lowest BCUT2D eigenvalue weighted by molar-refractivity contribution is 1.28. The van der Waals surface area contributed by atoms with Crippen LogP contribution in [0.15, 0.2) is 24.8 Å². The molecule has 0 unspecified atom stereocenters. The molecule has 0 aliphatic heterocycles. The van der Waals surface area contributed by atoms with Gasteiger partial charge in [0.15, 0.2) is 0 Å². The molecular weight excluding hydrogens is 199 g/mol. The maximum atomic E-state index is 3.54. The third kappa shape index (κ3) is 6.21. The first-order valence-electron chi connectivity index (χ1n) is 2.25. The van der Waals surface area contributed by atoms with Crippen molar-refractivity contribution < 1.29 is 0 Å². The lowest BCUT2D eigenvalue weighted by Gasteiger charge is -1.75. The van der Waals surface area contributed by atoms with E-state index in [0.29, 0.717) is 0 Å². The van der Waals surface area contributed by atoms with Gasteiger partial charge in [-0.05, 0) is 6.42 Å². The number of rotatable bonds is 3. The summed E-state index contributed by atoms with van der Waals surface area (Å²) in [6.07, 6.45) is 7.04. The van der Waals surface area contributed by atoms with Gasteiger partial charge in [0.05, 0.1) is 0 Å². The fourth-order valence-corrected chi connectivity index (χ4v) is 0.615. The van der Waals surface area contributed by atoms with Crippen molar-refractivity contribution in [3.63, 3.8) is 0 Å². The molecule has 0 nitrogen and oxygen atoms in total. The Morgan fingerprint density at radius 2 is 2.29 bits per heavy atom. The first-order chi connectivity index (χ1) is 3.41. The fraction of sp³-hybridized carbons (Fsp3) is 0.333. The Kier molecular flexibility index (Phi) is 6.40. The van der Waals surface area contributed by atoms with Crippen LogP contribution in [-0.4, -0.2) is 4.43 Å². The van der Waals surface area contributed by atoms with Gasteiger partial charge in [-0.3, -0.25) is 0 Å². The standard InChI is InChI=1S/C6H9I/c1-2-3-4-5-6-7/h2-4H,1,5-6H2/b4-3-. The number of hydrogen-bond donors (Lipinski definition) is 0. The van der Waals surface area contributed by atoms with E-state index in [2.05, 4.69) is 35.2 Å². The third-order valence-corrected chi connectivity index (χ3v) is 1.17. The zero-order valence-corrected chi connectivity index (χ0v) is 6.39. The van der Waals surface area contributed by atoms with Crippen molar-refractivity contribution >= 4 is 22.6 Å². The summed E-state index contributed by atoms with van der Waals surface area (Å²) in [7, 11) is 0. The van der Waals surface area contributed by atoms with Crippen LogP contribution in [0.25, 0.3) is 0 Å². The van der Waals surface area contributed by atoms with Crippen LogP contribution in [0.5, 0.6) is 0 Å². The summed E-state index contributed by atoms with van der Waals surface area (Å²) in [5.41, 5.74) is 0. The van der Waals surface area contributed by atoms with Gasteiger partial charge < -0.3 is 0 Å². The summed E-state index contributed by atoms with van der Waals surface area (Å²) < 4.78 is 1.20. The van der Waals surface area contributed by atoms with Crippen LogP contribution in [0, 0.1) is 0 Å². The molecule has 0 fully saturated rings. The molecule has 0 aromatic heterocycles. The molecule has 0 heterocycles. The Morgan fingerprint density at radius 3 is 2.71 bits per heavy atom. The van der Waals surface area contributed by atoms with Crippen molar-refractivity contribution in [2.24, 2.45) is 0 Å². The first kappa shape index (κ1) is 7.21. The van der Waals surface area contributed by atoms with Crippen molar-refractivity contribution in [3.8, 4) is 0 Å². The average Bonchev–Trinajstić information content (AvgIpc) is 1.69. The molecule has 0 saturated heterocycles. The quantitative estimate of drug-likeness (QED) is 0.379. The molecule has 0 spiro atoms. The van der Waals surface area contributed by atoms with E-state index in [4.69, 9.17) is 0 Å². The monoisotopic (exact) mass is 208 g/mol. The Bertz CT molecular complexity index is 64.6. The van der Waals surface area contributed by atoms with Crippen LogP contribution in [0.3, 0.4) is 0 Å². The zero-order valence-electron chi connectivity index (χ0n) is 4.23. The van der Waals surface area contributed by atoms with E-state index in [1.807, 2.05) is 6.08 Å². The van der Waals surface area contributed by atoms with Gasteiger partial charge in [0.1, 0.15) is 0 Å².